The molecule has 2 aliphatic heterocycles. The van der Waals surface area contributed by atoms with Gasteiger partial charge in [0.1, 0.15) is 6.10 Å². The molecule has 0 spiro atoms. The molecule has 0 aromatic carbocycles. The second kappa shape index (κ2) is 5.27. The van der Waals surface area contributed by atoms with Crippen LogP contribution in [0.1, 0.15) is 37.9 Å². The van der Waals surface area contributed by atoms with E-state index in [0.717, 1.165) is 6.42 Å². The van der Waals surface area contributed by atoms with Crippen molar-refractivity contribution in [1.82, 2.24) is 4.98 Å². The van der Waals surface area contributed by atoms with Gasteiger partial charge in [0.05, 0.1) is 24.1 Å². The molecule has 7 nitrogen and oxygen atoms in total. The summed E-state index contributed by atoms with van der Waals surface area (Å²) in [6.07, 6.45) is 4.05. The number of hydrogen-bond donors (Lipinski definition) is 1. The van der Waals surface area contributed by atoms with E-state index in [9.17, 15) is 15.8 Å². The van der Waals surface area contributed by atoms with Crippen LogP contribution in [0.25, 0.3) is 0 Å². The Morgan fingerprint density at radius 1 is 1.19 bits per heavy atom. The van der Waals surface area contributed by atoms with Crippen LogP contribution in [0.4, 0.5) is 0 Å². The fourth-order valence-electron chi connectivity index (χ4n) is 4.87. The zero-order valence-electron chi connectivity index (χ0n) is 14.3. The average molecular weight is 347 g/mol. The van der Waals surface area contributed by atoms with E-state index in [1.807, 2.05) is 0 Å². The first kappa shape index (κ1) is 16.5. The van der Waals surface area contributed by atoms with Crippen molar-refractivity contribution in [3.63, 3.8) is 0 Å². The highest BCUT2D eigenvalue weighted by Crippen LogP contribution is 2.69. The van der Waals surface area contributed by atoms with Gasteiger partial charge in [0, 0.05) is 18.8 Å². The van der Waals surface area contributed by atoms with Crippen molar-refractivity contribution in [3.05, 3.63) is 30.1 Å². The molecule has 5 atom stereocenters. The number of nitriles is 3. The Kier molecular flexibility index (Phi) is 3.35. The van der Waals surface area contributed by atoms with Crippen molar-refractivity contribution in [2.45, 2.75) is 38.1 Å². The Morgan fingerprint density at radius 2 is 1.88 bits per heavy atom. The first-order valence-electron chi connectivity index (χ1n) is 8.59. The van der Waals surface area contributed by atoms with E-state index in [2.05, 4.69) is 30.1 Å². The molecular weight excluding hydrogens is 330 g/mol. The van der Waals surface area contributed by atoms with Gasteiger partial charge in [-0.1, -0.05) is 6.92 Å². The van der Waals surface area contributed by atoms with Gasteiger partial charge in [0.25, 0.3) is 0 Å². The Bertz CT molecular complexity index is 881. The first-order chi connectivity index (χ1) is 12.5. The van der Waals surface area contributed by atoms with E-state index < -0.39 is 28.6 Å². The lowest BCUT2D eigenvalue weighted by Gasteiger charge is -2.52. The average Bonchev–Trinajstić information content (AvgIpc) is 2.86. The second-order valence-corrected chi connectivity index (χ2v) is 7.41. The fraction of sp³-hybridized carbons (Fsp3) is 0.526. The Morgan fingerprint density at radius 3 is 2.50 bits per heavy atom. The molecule has 0 amide bonds. The van der Waals surface area contributed by atoms with Crippen molar-refractivity contribution in [3.8, 4) is 18.2 Å². The molecular formula is C19H17N5O2. The monoisotopic (exact) mass is 347 g/mol. The number of pyridine rings is 1. The second-order valence-electron chi connectivity index (χ2n) is 7.41. The molecule has 26 heavy (non-hydrogen) atoms. The third kappa shape index (κ3) is 1.68. The standard InChI is InChI=1S/C19H17N5O2/c1-12-2-5-19-14(8-12)18(11-22,16(23)26-19)17(9-20,10-21)15(25-19)13-3-6-24-7-4-13/h3-4,6-7,12,14-15,23H,2,5,8H2,1H3. The quantitative estimate of drug-likeness (QED) is 0.832. The number of ether oxygens (including phenoxy) is 2. The van der Waals surface area contributed by atoms with Crippen LogP contribution < -0.4 is 0 Å². The highest BCUT2D eigenvalue weighted by Gasteiger charge is 2.80. The van der Waals surface area contributed by atoms with Crippen LogP contribution in [-0.2, 0) is 9.47 Å². The molecule has 5 unspecified atom stereocenters. The summed E-state index contributed by atoms with van der Waals surface area (Å²) < 4.78 is 12.2. The molecule has 0 radical (unpaired) electrons. The van der Waals surface area contributed by atoms with Crippen molar-refractivity contribution in [2.24, 2.45) is 22.7 Å². The zero-order chi connectivity index (χ0) is 18.6. The minimum absolute atomic E-state index is 0.298. The van der Waals surface area contributed by atoms with Gasteiger partial charge in [-0.2, -0.15) is 15.8 Å². The summed E-state index contributed by atoms with van der Waals surface area (Å²) in [5, 5.41) is 38.8. The van der Waals surface area contributed by atoms with Gasteiger partial charge in [-0.3, -0.25) is 10.4 Å². The summed E-state index contributed by atoms with van der Waals surface area (Å²) in [5.74, 6) is -1.68. The lowest BCUT2D eigenvalue weighted by atomic mass is 9.51. The van der Waals surface area contributed by atoms with Crippen LogP contribution in [0.3, 0.4) is 0 Å². The van der Waals surface area contributed by atoms with Crippen LogP contribution in [0.2, 0.25) is 0 Å². The molecule has 2 bridgehead atoms. The summed E-state index contributed by atoms with van der Waals surface area (Å²) in [5.41, 5.74) is -2.95. The molecule has 1 N–H and O–H groups in total. The highest BCUT2D eigenvalue weighted by molar-refractivity contribution is 5.89. The third-order valence-electron chi connectivity index (χ3n) is 6.18. The van der Waals surface area contributed by atoms with E-state index >= 15 is 0 Å². The van der Waals surface area contributed by atoms with Gasteiger partial charge in [-0.25, -0.2) is 0 Å². The molecule has 7 heteroatoms. The van der Waals surface area contributed by atoms with Gasteiger partial charge in [-0.05, 0) is 36.5 Å². The smallest absolute Gasteiger partial charge is 0.217 e. The first-order valence-corrected chi connectivity index (χ1v) is 8.59. The lowest BCUT2D eigenvalue weighted by molar-refractivity contribution is -0.298. The van der Waals surface area contributed by atoms with Crippen molar-refractivity contribution < 1.29 is 9.47 Å². The maximum Gasteiger partial charge on any atom is 0.217 e. The molecule has 3 aliphatic rings. The van der Waals surface area contributed by atoms with Crippen molar-refractivity contribution >= 4 is 5.90 Å². The van der Waals surface area contributed by atoms with Gasteiger partial charge >= 0.3 is 0 Å². The Balaban J connectivity index is 2.00. The minimum atomic E-state index is -1.87. The maximum absolute atomic E-state index is 10.2. The Labute approximate surface area is 151 Å². The highest BCUT2D eigenvalue weighted by atomic mass is 16.7. The molecule has 1 aromatic heterocycles. The number of hydrogen-bond acceptors (Lipinski definition) is 7. The Hall–Kier alpha value is -2.95. The summed E-state index contributed by atoms with van der Waals surface area (Å²) >= 11 is 0. The van der Waals surface area contributed by atoms with E-state index in [0.29, 0.717) is 24.3 Å². The van der Waals surface area contributed by atoms with E-state index in [4.69, 9.17) is 14.9 Å². The maximum atomic E-state index is 10.2. The SMILES string of the molecule is CC1CCC23OC(=N)C(C#N)(C2C1)C(C#N)(C#N)C(c1ccncc1)O3. The van der Waals surface area contributed by atoms with Crippen LogP contribution in [0.5, 0.6) is 0 Å². The van der Waals surface area contributed by atoms with E-state index in [1.165, 1.54) is 0 Å². The zero-order valence-corrected chi connectivity index (χ0v) is 14.3. The summed E-state index contributed by atoms with van der Waals surface area (Å²) in [6, 6.07) is 9.64. The minimum Gasteiger partial charge on any atom is -0.447 e. The van der Waals surface area contributed by atoms with Crippen molar-refractivity contribution in [1.29, 1.82) is 21.2 Å². The lowest BCUT2D eigenvalue weighted by Crippen LogP contribution is -2.60. The summed E-state index contributed by atoms with van der Waals surface area (Å²) in [6.45, 7) is 2.07. The molecule has 1 aliphatic carbocycles. The van der Waals surface area contributed by atoms with Crippen LogP contribution >= 0.6 is 0 Å². The topological polar surface area (TPSA) is 127 Å². The largest absolute Gasteiger partial charge is 0.447 e. The molecule has 130 valence electrons. The summed E-state index contributed by atoms with van der Waals surface area (Å²) in [4.78, 5) is 3.98. The summed E-state index contributed by atoms with van der Waals surface area (Å²) in [7, 11) is 0. The molecule has 1 saturated carbocycles. The van der Waals surface area contributed by atoms with E-state index in [-0.39, 0.29) is 5.90 Å². The van der Waals surface area contributed by atoms with Crippen LogP contribution in [0, 0.1) is 62.1 Å². The van der Waals surface area contributed by atoms with E-state index in [1.54, 1.807) is 24.5 Å². The predicted molar refractivity (Wildman–Crippen MR) is 87.8 cm³/mol. The van der Waals surface area contributed by atoms with Crippen LogP contribution in [-0.4, -0.2) is 16.7 Å². The number of nitrogens with zero attached hydrogens (tertiary/aromatic N) is 4. The number of rotatable bonds is 1. The van der Waals surface area contributed by atoms with Gasteiger partial charge in [0.2, 0.25) is 17.1 Å². The van der Waals surface area contributed by atoms with Gasteiger partial charge in [0.15, 0.2) is 5.41 Å². The molecule has 2 saturated heterocycles. The molecule has 3 fully saturated rings. The normalized spacial score (nSPS) is 39.6. The molecule has 3 heterocycles. The van der Waals surface area contributed by atoms with Gasteiger partial charge < -0.3 is 9.47 Å². The number of nitrogens with one attached hydrogen (secondary N) is 1. The van der Waals surface area contributed by atoms with Crippen molar-refractivity contribution in [2.75, 3.05) is 0 Å². The predicted octanol–water partition coefficient (Wildman–Crippen LogP) is 2.84. The number of aromatic nitrogens is 1. The third-order valence-corrected chi connectivity index (χ3v) is 6.18. The van der Waals surface area contributed by atoms with Gasteiger partial charge in [-0.15, -0.1) is 0 Å². The fourth-order valence-corrected chi connectivity index (χ4v) is 4.87. The molecule has 4 rings (SSSR count). The van der Waals surface area contributed by atoms with Crippen LogP contribution in [0.15, 0.2) is 24.5 Å². The molecule has 1 aromatic rings.